The number of carboxylic acids is 1. The molecular weight excluding hydrogens is 305 g/mol. The first-order chi connectivity index (χ1) is 10.3. The predicted octanol–water partition coefficient (Wildman–Crippen LogP) is 1.35. The lowest BCUT2D eigenvalue weighted by atomic mass is 10.1. The van der Waals surface area contributed by atoms with E-state index in [1.807, 2.05) is 0 Å². The number of halogens is 3. The molecule has 0 spiro atoms. The largest absolute Gasteiger partial charge is 0.480 e. The zero-order valence-corrected chi connectivity index (χ0v) is 11.3. The molecule has 0 bridgehead atoms. The fourth-order valence-electron chi connectivity index (χ4n) is 2.39. The monoisotopic (exact) mass is 318 g/mol. The van der Waals surface area contributed by atoms with Gasteiger partial charge >= 0.3 is 12.1 Å². The zero-order valence-electron chi connectivity index (χ0n) is 11.3. The molecule has 0 aliphatic carbocycles. The first-order valence-corrected chi connectivity index (χ1v) is 6.37. The SMILES string of the molecule is O=C(O)[C@@H]1CN(Cc2cc(F)cc(F)c2F)CCN1C(=O)O. The van der Waals surface area contributed by atoms with Crippen LogP contribution in [0.2, 0.25) is 0 Å². The summed E-state index contributed by atoms with van der Waals surface area (Å²) in [5, 5.41) is 18.0. The summed E-state index contributed by atoms with van der Waals surface area (Å²) in [6.07, 6.45) is -1.37. The van der Waals surface area contributed by atoms with Gasteiger partial charge in [-0.15, -0.1) is 0 Å². The van der Waals surface area contributed by atoms with Crippen LogP contribution < -0.4 is 0 Å². The van der Waals surface area contributed by atoms with Gasteiger partial charge in [0.25, 0.3) is 0 Å². The quantitative estimate of drug-likeness (QED) is 0.822. The average Bonchev–Trinajstić information content (AvgIpc) is 2.43. The second-order valence-corrected chi connectivity index (χ2v) is 4.93. The van der Waals surface area contributed by atoms with Crippen molar-refractivity contribution in [2.24, 2.45) is 0 Å². The Hall–Kier alpha value is -2.29. The lowest BCUT2D eigenvalue weighted by Gasteiger charge is -2.37. The number of amides is 1. The average molecular weight is 318 g/mol. The van der Waals surface area contributed by atoms with E-state index in [0.717, 1.165) is 11.0 Å². The third-order valence-corrected chi connectivity index (χ3v) is 3.46. The molecule has 6 nitrogen and oxygen atoms in total. The van der Waals surface area contributed by atoms with Gasteiger partial charge in [-0.05, 0) is 6.07 Å². The van der Waals surface area contributed by atoms with E-state index in [2.05, 4.69) is 0 Å². The van der Waals surface area contributed by atoms with Gasteiger partial charge in [-0.3, -0.25) is 9.80 Å². The number of piperazine rings is 1. The molecule has 0 radical (unpaired) electrons. The normalized spacial score (nSPS) is 19.2. The molecule has 1 heterocycles. The van der Waals surface area contributed by atoms with E-state index in [1.165, 1.54) is 4.90 Å². The van der Waals surface area contributed by atoms with Crippen LogP contribution in [0.4, 0.5) is 18.0 Å². The van der Waals surface area contributed by atoms with Crippen LogP contribution in [0, 0.1) is 17.5 Å². The molecule has 1 saturated heterocycles. The summed E-state index contributed by atoms with van der Waals surface area (Å²) in [5.41, 5.74) is -0.245. The van der Waals surface area contributed by atoms with Crippen LogP contribution in [0.15, 0.2) is 12.1 Å². The van der Waals surface area contributed by atoms with Crippen LogP contribution in [-0.2, 0) is 11.3 Å². The highest BCUT2D eigenvalue weighted by Gasteiger charge is 2.35. The Morgan fingerprint density at radius 1 is 1.18 bits per heavy atom. The topological polar surface area (TPSA) is 81.1 Å². The third-order valence-electron chi connectivity index (χ3n) is 3.46. The predicted molar refractivity (Wildman–Crippen MR) is 67.7 cm³/mol. The van der Waals surface area contributed by atoms with Crippen molar-refractivity contribution in [1.82, 2.24) is 9.80 Å². The summed E-state index contributed by atoms with van der Waals surface area (Å²) >= 11 is 0. The van der Waals surface area contributed by atoms with E-state index < -0.39 is 35.6 Å². The fourth-order valence-corrected chi connectivity index (χ4v) is 2.39. The lowest BCUT2D eigenvalue weighted by Crippen LogP contribution is -2.57. The maximum atomic E-state index is 13.6. The van der Waals surface area contributed by atoms with Gasteiger partial charge in [-0.1, -0.05) is 0 Å². The minimum atomic E-state index is -1.37. The smallest absolute Gasteiger partial charge is 0.408 e. The van der Waals surface area contributed by atoms with Gasteiger partial charge in [0.1, 0.15) is 11.9 Å². The Bertz CT molecular complexity index is 611. The van der Waals surface area contributed by atoms with Crippen LogP contribution in [0.25, 0.3) is 0 Å². The van der Waals surface area contributed by atoms with Crippen LogP contribution in [0.1, 0.15) is 5.56 Å². The van der Waals surface area contributed by atoms with Crippen molar-refractivity contribution in [1.29, 1.82) is 0 Å². The summed E-state index contributed by atoms with van der Waals surface area (Å²) in [4.78, 5) is 24.3. The Morgan fingerprint density at radius 2 is 1.86 bits per heavy atom. The Balaban J connectivity index is 2.15. The molecule has 1 amide bonds. The minimum absolute atomic E-state index is 0.0916. The number of hydrogen-bond donors (Lipinski definition) is 2. The minimum Gasteiger partial charge on any atom is -0.480 e. The molecule has 1 fully saturated rings. The number of benzene rings is 1. The first-order valence-electron chi connectivity index (χ1n) is 6.37. The van der Waals surface area contributed by atoms with Gasteiger partial charge in [-0.25, -0.2) is 22.8 Å². The van der Waals surface area contributed by atoms with Crippen molar-refractivity contribution in [3.05, 3.63) is 35.1 Å². The summed E-state index contributed by atoms with van der Waals surface area (Å²) in [7, 11) is 0. The van der Waals surface area contributed by atoms with Gasteiger partial charge in [0.15, 0.2) is 11.6 Å². The maximum absolute atomic E-state index is 13.6. The standard InChI is InChI=1S/C13H13F3N2O4/c14-8-3-7(11(16)9(15)4-8)5-17-1-2-18(13(21)22)10(6-17)12(19)20/h3-4,10H,1-2,5-6H2,(H,19,20)(H,21,22)/t10-/m0/s1. The molecule has 0 unspecified atom stereocenters. The molecule has 0 saturated carbocycles. The van der Waals surface area contributed by atoms with Gasteiger partial charge in [0.2, 0.25) is 0 Å². The number of aliphatic carboxylic acids is 1. The van der Waals surface area contributed by atoms with E-state index >= 15 is 0 Å². The van der Waals surface area contributed by atoms with Crippen molar-refractivity contribution in [2.75, 3.05) is 19.6 Å². The van der Waals surface area contributed by atoms with Crippen LogP contribution >= 0.6 is 0 Å². The zero-order chi connectivity index (χ0) is 16.4. The van der Waals surface area contributed by atoms with Crippen LogP contribution in [0.5, 0.6) is 0 Å². The molecule has 1 aromatic rings. The van der Waals surface area contributed by atoms with Gasteiger partial charge in [0, 0.05) is 37.8 Å². The summed E-state index contributed by atoms with van der Waals surface area (Å²) in [5.74, 6) is -4.80. The Morgan fingerprint density at radius 3 is 2.45 bits per heavy atom. The number of carboxylic acid groups (broad SMARTS) is 2. The fraction of sp³-hybridized carbons (Fsp3) is 0.385. The van der Waals surface area contributed by atoms with Crippen LogP contribution in [-0.4, -0.2) is 57.8 Å². The summed E-state index contributed by atoms with van der Waals surface area (Å²) < 4.78 is 39.9. The number of nitrogens with zero attached hydrogens (tertiary/aromatic N) is 2. The Labute approximate surface area is 123 Å². The van der Waals surface area contributed by atoms with E-state index in [4.69, 9.17) is 10.2 Å². The molecular formula is C13H13F3N2O4. The van der Waals surface area contributed by atoms with E-state index in [0.29, 0.717) is 6.07 Å². The van der Waals surface area contributed by atoms with Crippen LogP contribution in [0.3, 0.4) is 0 Å². The van der Waals surface area contributed by atoms with Gasteiger partial charge < -0.3 is 10.2 Å². The third kappa shape index (κ3) is 3.30. The number of rotatable bonds is 3. The molecule has 120 valence electrons. The molecule has 1 aliphatic heterocycles. The highest BCUT2D eigenvalue weighted by Crippen LogP contribution is 2.19. The van der Waals surface area contributed by atoms with Crippen molar-refractivity contribution >= 4 is 12.1 Å². The Kier molecular flexibility index (Phi) is 4.55. The van der Waals surface area contributed by atoms with Gasteiger partial charge in [0.05, 0.1) is 0 Å². The maximum Gasteiger partial charge on any atom is 0.408 e. The van der Waals surface area contributed by atoms with Gasteiger partial charge in [-0.2, -0.15) is 0 Å². The molecule has 2 N–H and O–H groups in total. The van der Waals surface area contributed by atoms with Crippen molar-refractivity contribution < 1.29 is 33.0 Å². The lowest BCUT2D eigenvalue weighted by molar-refractivity contribution is -0.145. The number of carbonyl (C=O) groups is 2. The van der Waals surface area contributed by atoms with Crippen molar-refractivity contribution in [3.8, 4) is 0 Å². The highest BCUT2D eigenvalue weighted by atomic mass is 19.2. The second-order valence-electron chi connectivity index (χ2n) is 4.93. The molecule has 0 aromatic heterocycles. The molecule has 22 heavy (non-hydrogen) atoms. The van der Waals surface area contributed by atoms with Crippen molar-refractivity contribution in [3.63, 3.8) is 0 Å². The number of hydrogen-bond acceptors (Lipinski definition) is 3. The second kappa shape index (κ2) is 6.22. The molecule has 1 atom stereocenters. The summed E-state index contributed by atoms with van der Waals surface area (Å²) in [6, 6.07) is -0.0633. The molecule has 9 heteroatoms. The molecule has 1 aliphatic rings. The first kappa shape index (κ1) is 16.1. The molecule has 1 aromatic carbocycles. The van der Waals surface area contributed by atoms with Crippen molar-refractivity contribution in [2.45, 2.75) is 12.6 Å². The summed E-state index contributed by atoms with van der Waals surface area (Å²) in [6.45, 7) is -0.365. The molecule has 2 rings (SSSR count). The van der Waals surface area contributed by atoms with E-state index in [9.17, 15) is 22.8 Å². The highest BCUT2D eigenvalue weighted by molar-refractivity contribution is 5.79. The van der Waals surface area contributed by atoms with E-state index in [-0.39, 0.29) is 31.7 Å². The van der Waals surface area contributed by atoms with E-state index in [1.54, 1.807) is 0 Å².